The van der Waals surface area contributed by atoms with Gasteiger partial charge in [0.15, 0.2) is 0 Å². The summed E-state index contributed by atoms with van der Waals surface area (Å²) in [4.78, 5) is 0. The van der Waals surface area contributed by atoms with Gasteiger partial charge < -0.3 is 17.2 Å². The molecule has 0 fully saturated rings. The van der Waals surface area contributed by atoms with Gasteiger partial charge in [0.1, 0.15) is 0 Å². The Bertz CT molecular complexity index is 270. The number of benzene rings is 1. The summed E-state index contributed by atoms with van der Waals surface area (Å²) in [6.45, 7) is 2.45. The fraction of sp³-hybridized carbons (Fsp3) is 0.333. The maximum Gasteiger partial charge on any atom is 0.0422 e. The Morgan fingerprint density at radius 2 is 2.08 bits per heavy atom. The third-order valence-electron chi connectivity index (χ3n) is 1.95. The molecule has 0 aliphatic heterocycles. The van der Waals surface area contributed by atoms with E-state index in [9.17, 15) is 0 Å². The molecule has 6 N–H and O–H groups in total. The molecule has 0 aromatic heterocycles. The van der Waals surface area contributed by atoms with Crippen LogP contribution in [0.5, 0.6) is 0 Å². The molecule has 0 spiro atoms. The van der Waals surface area contributed by atoms with Gasteiger partial charge in [0, 0.05) is 18.3 Å². The molecule has 1 atom stereocenters. The average Bonchev–Trinajstić information content (AvgIpc) is 2.03. The lowest BCUT2D eigenvalue weighted by atomic mass is 10.0. The summed E-state index contributed by atoms with van der Waals surface area (Å²) in [6, 6.07) is 5.61. The molecule has 0 radical (unpaired) electrons. The minimum absolute atomic E-state index is 0.0781. The molecule has 1 aromatic rings. The van der Waals surface area contributed by atoms with E-state index in [1.807, 2.05) is 25.1 Å². The van der Waals surface area contributed by atoms with Crippen LogP contribution in [0.3, 0.4) is 0 Å². The second-order valence-electron chi connectivity index (χ2n) is 2.96. The number of nitrogen functional groups attached to an aromatic ring is 1. The molecule has 66 valence electrons. The molecule has 0 saturated heterocycles. The SMILES string of the molecule is Cc1cc(N)ccc1[C@H](N)CN. The lowest BCUT2D eigenvalue weighted by molar-refractivity contribution is 0.732. The van der Waals surface area contributed by atoms with Crippen LogP contribution in [-0.4, -0.2) is 6.54 Å². The smallest absolute Gasteiger partial charge is 0.0422 e. The summed E-state index contributed by atoms with van der Waals surface area (Å²) in [7, 11) is 0. The predicted octanol–water partition coefficient (Wildman–Crippen LogP) is 0.536. The van der Waals surface area contributed by atoms with Crippen molar-refractivity contribution in [2.24, 2.45) is 11.5 Å². The maximum absolute atomic E-state index is 5.78. The van der Waals surface area contributed by atoms with Crippen molar-refractivity contribution < 1.29 is 0 Å². The molecule has 0 bridgehead atoms. The van der Waals surface area contributed by atoms with Crippen LogP contribution in [0.1, 0.15) is 17.2 Å². The Hall–Kier alpha value is -1.06. The molecule has 3 heteroatoms. The monoisotopic (exact) mass is 165 g/mol. The van der Waals surface area contributed by atoms with Gasteiger partial charge in [-0.15, -0.1) is 0 Å². The second-order valence-corrected chi connectivity index (χ2v) is 2.96. The molecule has 0 amide bonds. The van der Waals surface area contributed by atoms with Crippen molar-refractivity contribution in [2.45, 2.75) is 13.0 Å². The molecular formula is C9H15N3. The van der Waals surface area contributed by atoms with Crippen LogP contribution in [0.25, 0.3) is 0 Å². The molecule has 0 unspecified atom stereocenters. The van der Waals surface area contributed by atoms with Gasteiger partial charge >= 0.3 is 0 Å². The van der Waals surface area contributed by atoms with Crippen molar-refractivity contribution in [2.75, 3.05) is 12.3 Å². The molecule has 1 aromatic carbocycles. The second kappa shape index (κ2) is 3.56. The summed E-state index contributed by atoms with van der Waals surface area (Å²) in [6.07, 6.45) is 0. The number of rotatable bonds is 2. The third-order valence-corrected chi connectivity index (χ3v) is 1.95. The molecule has 12 heavy (non-hydrogen) atoms. The van der Waals surface area contributed by atoms with E-state index in [0.717, 1.165) is 16.8 Å². The van der Waals surface area contributed by atoms with E-state index in [4.69, 9.17) is 17.2 Å². The minimum atomic E-state index is -0.0781. The Balaban J connectivity index is 3.01. The van der Waals surface area contributed by atoms with Crippen molar-refractivity contribution in [3.05, 3.63) is 29.3 Å². The molecule has 0 saturated carbocycles. The average molecular weight is 165 g/mol. The Labute approximate surface area is 72.5 Å². The minimum Gasteiger partial charge on any atom is -0.399 e. The van der Waals surface area contributed by atoms with Gasteiger partial charge in [-0.2, -0.15) is 0 Å². The van der Waals surface area contributed by atoms with Crippen molar-refractivity contribution in [3.8, 4) is 0 Å². The first-order chi connectivity index (χ1) is 5.65. The molecule has 1 rings (SSSR count). The summed E-state index contributed by atoms with van der Waals surface area (Å²) >= 11 is 0. The van der Waals surface area contributed by atoms with E-state index >= 15 is 0 Å². The normalized spacial score (nSPS) is 12.9. The van der Waals surface area contributed by atoms with Crippen LogP contribution in [0.4, 0.5) is 5.69 Å². The van der Waals surface area contributed by atoms with Gasteiger partial charge in [0.2, 0.25) is 0 Å². The van der Waals surface area contributed by atoms with E-state index in [-0.39, 0.29) is 6.04 Å². The molecule has 3 nitrogen and oxygen atoms in total. The zero-order valence-corrected chi connectivity index (χ0v) is 7.25. The fourth-order valence-corrected chi connectivity index (χ4v) is 1.24. The first-order valence-corrected chi connectivity index (χ1v) is 3.97. The first kappa shape index (κ1) is 9.03. The summed E-state index contributed by atoms with van der Waals surface area (Å²) in [5.41, 5.74) is 19.8. The number of nitrogens with two attached hydrogens (primary N) is 3. The number of hydrogen-bond donors (Lipinski definition) is 3. The van der Waals surface area contributed by atoms with Crippen molar-refractivity contribution in [1.82, 2.24) is 0 Å². The van der Waals surface area contributed by atoms with E-state index in [1.165, 1.54) is 0 Å². The Morgan fingerprint density at radius 1 is 1.42 bits per heavy atom. The van der Waals surface area contributed by atoms with Crippen LogP contribution in [0.15, 0.2) is 18.2 Å². The highest BCUT2D eigenvalue weighted by Gasteiger charge is 2.05. The highest BCUT2D eigenvalue weighted by Crippen LogP contribution is 2.17. The number of aryl methyl sites for hydroxylation is 1. The summed E-state index contributed by atoms with van der Waals surface area (Å²) in [5, 5.41) is 0. The summed E-state index contributed by atoms with van der Waals surface area (Å²) in [5.74, 6) is 0. The summed E-state index contributed by atoms with van der Waals surface area (Å²) < 4.78 is 0. The van der Waals surface area contributed by atoms with Gasteiger partial charge in [-0.3, -0.25) is 0 Å². The van der Waals surface area contributed by atoms with Gasteiger partial charge in [0.25, 0.3) is 0 Å². The zero-order chi connectivity index (χ0) is 9.14. The van der Waals surface area contributed by atoms with Crippen LogP contribution in [0, 0.1) is 6.92 Å². The molecular weight excluding hydrogens is 150 g/mol. The first-order valence-electron chi connectivity index (χ1n) is 3.97. The molecule has 0 heterocycles. The Kier molecular flexibility index (Phi) is 2.68. The van der Waals surface area contributed by atoms with Crippen LogP contribution < -0.4 is 17.2 Å². The van der Waals surface area contributed by atoms with Crippen LogP contribution in [0.2, 0.25) is 0 Å². The van der Waals surface area contributed by atoms with Gasteiger partial charge in [0.05, 0.1) is 0 Å². The third kappa shape index (κ3) is 1.75. The van der Waals surface area contributed by atoms with Crippen molar-refractivity contribution >= 4 is 5.69 Å². The quantitative estimate of drug-likeness (QED) is 0.559. The van der Waals surface area contributed by atoms with E-state index in [1.54, 1.807) is 0 Å². The topological polar surface area (TPSA) is 78.1 Å². The lowest BCUT2D eigenvalue weighted by Gasteiger charge is -2.12. The van der Waals surface area contributed by atoms with Crippen LogP contribution in [-0.2, 0) is 0 Å². The largest absolute Gasteiger partial charge is 0.399 e. The zero-order valence-electron chi connectivity index (χ0n) is 7.25. The van der Waals surface area contributed by atoms with Gasteiger partial charge in [-0.1, -0.05) is 6.07 Å². The molecule has 0 aliphatic rings. The predicted molar refractivity (Wildman–Crippen MR) is 51.6 cm³/mol. The molecule has 0 aliphatic carbocycles. The van der Waals surface area contributed by atoms with Crippen molar-refractivity contribution in [1.29, 1.82) is 0 Å². The lowest BCUT2D eigenvalue weighted by Crippen LogP contribution is -2.21. The van der Waals surface area contributed by atoms with Gasteiger partial charge in [-0.25, -0.2) is 0 Å². The fourth-order valence-electron chi connectivity index (χ4n) is 1.24. The standard InChI is InChI=1S/C9H15N3/c1-6-4-7(11)2-3-8(6)9(12)5-10/h2-4,9H,5,10-12H2,1H3/t9-/m1/s1. The van der Waals surface area contributed by atoms with E-state index in [2.05, 4.69) is 0 Å². The van der Waals surface area contributed by atoms with Crippen LogP contribution >= 0.6 is 0 Å². The number of hydrogen-bond acceptors (Lipinski definition) is 3. The highest BCUT2D eigenvalue weighted by atomic mass is 14.7. The van der Waals surface area contributed by atoms with E-state index in [0.29, 0.717) is 6.54 Å². The van der Waals surface area contributed by atoms with Crippen molar-refractivity contribution in [3.63, 3.8) is 0 Å². The highest BCUT2D eigenvalue weighted by molar-refractivity contribution is 5.45. The Morgan fingerprint density at radius 3 is 2.58 bits per heavy atom. The number of anilines is 1. The van der Waals surface area contributed by atoms with E-state index < -0.39 is 0 Å². The maximum atomic E-state index is 5.78. The van der Waals surface area contributed by atoms with Gasteiger partial charge in [-0.05, 0) is 30.2 Å².